The van der Waals surface area contributed by atoms with Gasteiger partial charge in [0.1, 0.15) is 23.4 Å². The molecule has 2 unspecified atom stereocenters. The van der Waals surface area contributed by atoms with Crippen LogP contribution in [0, 0.1) is 5.92 Å². The first kappa shape index (κ1) is 18.0. The normalized spacial score (nSPS) is 17.6. The zero-order valence-electron chi connectivity index (χ0n) is 15.4. The van der Waals surface area contributed by atoms with Crippen molar-refractivity contribution in [2.75, 3.05) is 14.2 Å². The number of carbonyl (C=O) groups is 1. The highest BCUT2D eigenvalue weighted by molar-refractivity contribution is 5.79. The molecule has 138 valence electrons. The number of amides is 1. The molecule has 0 fully saturated rings. The topological polar surface area (TPSA) is 65.4 Å². The number of carbonyl (C=O) groups excluding carboxylic acids is 1. The lowest BCUT2D eigenvalue weighted by Crippen LogP contribution is -2.36. The van der Waals surface area contributed by atoms with Crippen molar-refractivity contribution in [3.05, 3.63) is 54.1 Å². The quantitative estimate of drug-likeness (QED) is 0.809. The van der Waals surface area contributed by atoms with E-state index in [4.69, 9.17) is 9.47 Å². The number of aryl methyl sites for hydroxylation is 1. The number of aromatic nitrogens is 2. The van der Waals surface area contributed by atoms with Gasteiger partial charge in [0.05, 0.1) is 14.2 Å². The van der Waals surface area contributed by atoms with Crippen LogP contribution in [0.2, 0.25) is 0 Å². The molecule has 1 N–H and O–H groups in total. The van der Waals surface area contributed by atoms with E-state index in [1.165, 1.54) is 0 Å². The predicted molar refractivity (Wildman–Crippen MR) is 99.2 cm³/mol. The van der Waals surface area contributed by atoms with Crippen molar-refractivity contribution < 1.29 is 14.3 Å². The summed E-state index contributed by atoms with van der Waals surface area (Å²) in [4.78, 5) is 17.3. The van der Waals surface area contributed by atoms with Crippen molar-refractivity contribution in [3.63, 3.8) is 0 Å². The van der Waals surface area contributed by atoms with E-state index in [0.29, 0.717) is 11.5 Å². The van der Waals surface area contributed by atoms with Crippen molar-refractivity contribution in [2.45, 2.75) is 25.3 Å². The second-order valence-electron chi connectivity index (χ2n) is 6.47. The summed E-state index contributed by atoms with van der Waals surface area (Å²) in [7, 11) is 5.14. The lowest BCUT2D eigenvalue weighted by molar-refractivity contribution is -0.125. The van der Waals surface area contributed by atoms with Crippen LogP contribution in [0.5, 0.6) is 11.5 Å². The first-order chi connectivity index (χ1) is 12.6. The van der Waals surface area contributed by atoms with Crippen LogP contribution in [-0.4, -0.2) is 29.7 Å². The van der Waals surface area contributed by atoms with Crippen molar-refractivity contribution in [2.24, 2.45) is 13.0 Å². The molecule has 1 aromatic heterocycles. The third-order valence-corrected chi connectivity index (χ3v) is 4.75. The number of nitrogens with one attached hydrogen (secondary N) is 1. The number of nitrogens with zero attached hydrogens (tertiary/aromatic N) is 2. The monoisotopic (exact) mass is 355 g/mol. The number of rotatable bonds is 6. The molecule has 1 aliphatic carbocycles. The van der Waals surface area contributed by atoms with E-state index >= 15 is 0 Å². The van der Waals surface area contributed by atoms with Gasteiger partial charge in [-0.1, -0.05) is 12.2 Å². The number of allylic oxidation sites excluding steroid dienone is 2. The lowest BCUT2D eigenvalue weighted by Gasteiger charge is -2.24. The van der Waals surface area contributed by atoms with Crippen LogP contribution >= 0.6 is 0 Å². The van der Waals surface area contributed by atoms with Crippen molar-refractivity contribution in [1.82, 2.24) is 14.9 Å². The van der Waals surface area contributed by atoms with Gasteiger partial charge in [-0.05, 0) is 37.0 Å². The first-order valence-corrected chi connectivity index (χ1v) is 8.78. The number of hydrogen-bond donors (Lipinski definition) is 1. The minimum absolute atomic E-state index is 0.00438. The van der Waals surface area contributed by atoms with Gasteiger partial charge < -0.3 is 19.4 Å². The second-order valence-corrected chi connectivity index (χ2v) is 6.47. The van der Waals surface area contributed by atoms with E-state index in [9.17, 15) is 4.79 Å². The van der Waals surface area contributed by atoms with Gasteiger partial charge in [0.2, 0.25) is 5.91 Å². The smallest absolute Gasteiger partial charge is 0.224 e. The zero-order valence-corrected chi connectivity index (χ0v) is 15.4. The van der Waals surface area contributed by atoms with Gasteiger partial charge in [0.25, 0.3) is 0 Å². The molecule has 6 heteroatoms. The van der Waals surface area contributed by atoms with E-state index in [1.807, 2.05) is 36.0 Å². The van der Waals surface area contributed by atoms with Crippen LogP contribution in [0.25, 0.3) is 0 Å². The summed E-state index contributed by atoms with van der Waals surface area (Å²) in [5, 5.41) is 3.18. The first-order valence-electron chi connectivity index (χ1n) is 8.78. The summed E-state index contributed by atoms with van der Waals surface area (Å²) in [6.07, 6.45) is 10.4. The number of ether oxygens (including phenoxy) is 2. The van der Waals surface area contributed by atoms with Crippen LogP contribution in [-0.2, 0) is 11.8 Å². The van der Waals surface area contributed by atoms with Crippen molar-refractivity contribution in [1.29, 1.82) is 0 Å². The van der Waals surface area contributed by atoms with E-state index < -0.39 is 0 Å². The maximum absolute atomic E-state index is 12.9. The highest BCUT2D eigenvalue weighted by Gasteiger charge is 2.26. The van der Waals surface area contributed by atoms with Crippen LogP contribution < -0.4 is 14.8 Å². The molecule has 0 radical (unpaired) electrons. The van der Waals surface area contributed by atoms with Gasteiger partial charge in [-0.25, -0.2) is 4.98 Å². The molecule has 0 spiro atoms. The Morgan fingerprint density at radius 2 is 1.96 bits per heavy atom. The Labute approximate surface area is 153 Å². The SMILES string of the molecule is COc1cc(OC)cc(C(NC(=O)C2CC=CCC2)c2nccn2C)c1. The molecular weight excluding hydrogens is 330 g/mol. The van der Waals surface area contributed by atoms with Crippen LogP contribution in [0.4, 0.5) is 0 Å². The average Bonchev–Trinajstić information content (AvgIpc) is 3.11. The number of methoxy groups -OCH3 is 2. The maximum atomic E-state index is 12.9. The maximum Gasteiger partial charge on any atom is 0.224 e. The van der Waals surface area contributed by atoms with Gasteiger partial charge in [-0.15, -0.1) is 0 Å². The molecule has 1 aliphatic rings. The fourth-order valence-corrected chi connectivity index (χ4v) is 3.24. The number of hydrogen-bond acceptors (Lipinski definition) is 4. The van der Waals surface area contributed by atoms with Gasteiger partial charge in [-0.2, -0.15) is 0 Å². The minimum atomic E-state index is -0.377. The van der Waals surface area contributed by atoms with E-state index in [-0.39, 0.29) is 17.9 Å². The Morgan fingerprint density at radius 1 is 1.23 bits per heavy atom. The molecule has 0 saturated carbocycles. The third kappa shape index (κ3) is 3.90. The van der Waals surface area contributed by atoms with Crippen LogP contribution in [0.1, 0.15) is 36.7 Å². The fraction of sp³-hybridized carbons (Fsp3) is 0.400. The molecule has 3 rings (SSSR count). The van der Waals surface area contributed by atoms with Crippen molar-refractivity contribution >= 4 is 5.91 Å². The number of benzene rings is 1. The van der Waals surface area contributed by atoms with Gasteiger partial charge in [0, 0.05) is 31.4 Å². The molecule has 1 amide bonds. The Bertz CT molecular complexity index is 775. The molecule has 0 aliphatic heterocycles. The Kier molecular flexibility index (Phi) is 5.61. The Balaban J connectivity index is 1.95. The lowest BCUT2D eigenvalue weighted by atomic mass is 9.93. The summed E-state index contributed by atoms with van der Waals surface area (Å²) >= 11 is 0. The molecule has 6 nitrogen and oxygen atoms in total. The number of imidazole rings is 1. The van der Waals surface area contributed by atoms with E-state index in [2.05, 4.69) is 22.5 Å². The molecule has 0 saturated heterocycles. The molecular formula is C20H25N3O3. The molecule has 0 bridgehead atoms. The average molecular weight is 355 g/mol. The Morgan fingerprint density at radius 3 is 2.50 bits per heavy atom. The minimum Gasteiger partial charge on any atom is -0.497 e. The summed E-state index contributed by atoms with van der Waals surface area (Å²) in [5.41, 5.74) is 0.871. The predicted octanol–water partition coefficient (Wildman–Crippen LogP) is 3.00. The largest absolute Gasteiger partial charge is 0.497 e. The van der Waals surface area contributed by atoms with Crippen molar-refractivity contribution in [3.8, 4) is 11.5 Å². The zero-order chi connectivity index (χ0) is 18.5. The summed E-state index contributed by atoms with van der Waals surface area (Å²) in [6, 6.07) is 5.25. The standard InChI is InChI=1S/C20H25N3O3/c1-23-10-9-21-19(23)18(22-20(24)14-7-5-4-6-8-14)15-11-16(25-2)13-17(12-15)26-3/h4-5,9-14,18H,6-8H2,1-3H3,(H,22,24). The Hall–Kier alpha value is -2.76. The van der Waals surface area contributed by atoms with Crippen LogP contribution in [0.15, 0.2) is 42.7 Å². The van der Waals surface area contributed by atoms with Gasteiger partial charge >= 0.3 is 0 Å². The molecule has 2 aromatic rings. The summed E-state index contributed by atoms with van der Waals surface area (Å²) in [5.74, 6) is 2.15. The molecule has 1 aromatic carbocycles. The second kappa shape index (κ2) is 8.08. The van der Waals surface area contributed by atoms with Gasteiger partial charge in [-0.3, -0.25) is 4.79 Å². The molecule has 1 heterocycles. The molecule has 2 atom stereocenters. The highest BCUT2D eigenvalue weighted by Crippen LogP contribution is 2.30. The fourth-order valence-electron chi connectivity index (χ4n) is 3.24. The van der Waals surface area contributed by atoms with Gasteiger partial charge in [0.15, 0.2) is 0 Å². The highest BCUT2D eigenvalue weighted by atomic mass is 16.5. The van der Waals surface area contributed by atoms with E-state index in [0.717, 1.165) is 30.7 Å². The summed E-state index contributed by atoms with van der Waals surface area (Å²) < 4.78 is 12.7. The third-order valence-electron chi connectivity index (χ3n) is 4.75. The summed E-state index contributed by atoms with van der Waals surface area (Å²) in [6.45, 7) is 0. The van der Waals surface area contributed by atoms with E-state index in [1.54, 1.807) is 20.4 Å². The van der Waals surface area contributed by atoms with Crippen LogP contribution in [0.3, 0.4) is 0 Å². The molecule has 26 heavy (non-hydrogen) atoms.